The van der Waals surface area contributed by atoms with E-state index in [1.54, 1.807) is 0 Å². The van der Waals surface area contributed by atoms with Crippen LogP contribution in [-0.4, -0.2) is 26.4 Å². The summed E-state index contributed by atoms with van der Waals surface area (Å²) in [5.74, 6) is 0. The number of nitrogens with zero attached hydrogens (tertiary/aromatic N) is 2. The molecule has 0 atom stereocenters. The summed E-state index contributed by atoms with van der Waals surface area (Å²) in [6.07, 6.45) is 1.58. The number of rotatable bonds is 7. The molecule has 160 valence electrons. The first-order valence-corrected chi connectivity index (χ1v) is 11.6. The number of nitro groups is 1. The summed E-state index contributed by atoms with van der Waals surface area (Å²) >= 11 is 0. The van der Waals surface area contributed by atoms with Gasteiger partial charge >= 0.3 is 0 Å². The highest BCUT2D eigenvalue weighted by molar-refractivity contribution is 7.89. The van der Waals surface area contributed by atoms with Gasteiger partial charge in [-0.3, -0.25) is 10.1 Å². The Morgan fingerprint density at radius 2 is 1.61 bits per heavy atom. The van der Waals surface area contributed by atoms with Crippen molar-refractivity contribution in [3.63, 3.8) is 0 Å². The second-order valence-corrected chi connectivity index (χ2v) is 9.27. The second-order valence-electron chi connectivity index (χ2n) is 7.51. The van der Waals surface area contributed by atoms with Crippen molar-refractivity contribution >= 4 is 21.4 Å². The Hall–Kier alpha value is -3.23. The molecule has 0 spiro atoms. The predicted octanol–water partition coefficient (Wildman–Crippen LogP) is 3.68. The van der Waals surface area contributed by atoms with Crippen LogP contribution < -0.4 is 9.62 Å². The van der Waals surface area contributed by atoms with Gasteiger partial charge in [-0.15, -0.1) is 0 Å². The summed E-state index contributed by atoms with van der Waals surface area (Å²) in [4.78, 5) is 12.5. The molecule has 3 aromatic rings. The summed E-state index contributed by atoms with van der Waals surface area (Å²) in [6.45, 7) is 2.12. The molecular formula is C23H23N3O4S. The predicted molar refractivity (Wildman–Crippen MR) is 120 cm³/mol. The van der Waals surface area contributed by atoms with Gasteiger partial charge in [0.05, 0.1) is 9.82 Å². The molecule has 0 bridgehead atoms. The first kappa shape index (κ1) is 21.0. The van der Waals surface area contributed by atoms with E-state index in [2.05, 4.69) is 46.0 Å². The van der Waals surface area contributed by atoms with Gasteiger partial charge in [0, 0.05) is 37.5 Å². The highest BCUT2D eigenvalue weighted by Gasteiger charge is 2.17. The van der Waals surface area contributed by atoms with E-state index in [0.29, 0.717) is 6.42 Å². The van der Waals surface area contributed by atoms with Crippen LogP contribution in [0.15, 0.2) is 77.7 Å². The van der Waals surface area contributed by atoms with E-state index in [-0.39, 0.29) is 17.1 Å². The van der Waals surface area contributed by atoms with Crippen molar-refractivity contribution in [1.29, 1.82) is 0 Å². The minimum absolute atomic E-state index is 0.0128. The molecule has 0 saturated heterocycles. The number of hydrogen-bond donors (Lipinski definition) is 1. The normalized spacial score (nSPS) is 13.6. The number of non-ortho nitro benzene ring substituents is 1. The highest BCUT2D eigenvalue weighted by atomic mass is 32.2. The Morgan fingerprint density at radius 1 is 0.935 bits per heavy atom. The van der Waals surface area contributed by atoms with Gasteiger partial charge in [-0.05, 0) is 53.8 Å². The molecule has 0 unspecified atom stereocenters. The summed E-state index contributed by atoms with van der Waals surface area (Å²) < 4.78 is 27.3. The molecule has 31 heavy (non-hydrogen) atoms. The fourth-order valence-corrected chi connectivity index (χ4v) is 4.78. The van der Waals surface area contributed by atoms with E-state index in [0.717, 1.165) is 30.8 Å². The Labute approximate surface area is 181 Å². The number of sulfonamides is 1. The molecule has 1 N–H and O–H groups in total. The summed E-state index contributed by atoms with van der Waals surface area (Å²) in [5.41, 5.74) is 4.82. The van der Waals surface area contributed by atoms with Crippen molar-refractivity contribution in [2.75, 3.05) is 18.0 Å². The van der Waals surface area contributed by atoms with E-state index in [9.17, 15) is 18.5 Å². The third-order valence-corrected chi connectivity index (χ3v) is 6.97. The SMILES string of the molecule is O=[N+]([O-])c1ccc(S(=O)(=O)NCCc2ccc(N3CCc4ccccc4C3)cc2)cc1. The molecule has 3 aromatic carbocycles. The van der Waals surface area contributed by atoms with E-state index >= 15 is 0 Å². The standard InChI is InChI=1S/C23H23N3O4S/c27-26(28)22-9-11-23(12-10-22)31(29,30)24-15-13-18-5-7-21(8-6-18)25-16-14-19-3-1-2-4-20(19)17-25/h1-12,24H,13-17H2. The molecular weight excluding hydrogens is 414 g/mol. The molecule has 0 aromatic heterocycles. The zero-order valence-electron chi connectivity index (χ0n) is 16.9. The van der Waals surface area contributed by atoms with Crippen molar-refractivity contribution in [3.05, 3.63) is 99.6 Å². The second kappa shape index (κ2) is 8.87. The number of fused-ring (bicyclic) bond motifs is 1. The lowest BCUT2D eigenvalue weighted by Gasteiger charge is -2.30. The molecule has 1 aliphatic heterocycles. The van der Waals surface area contributed by atoms with Gasteiger partial charge in [0.1, 0.15) is 0 Å². The van der Waals surface area contributed by atoms with Crippen LogP contribution in [0.1, 0.15) is 16.7 Å². The van der Waals surface area contributed by atoms with Crippen molar-refractivity contribution in [2.24, 2.45) is 0 Å². The third kappa shape index (κ3) is 4.92. The summed E-state index contributed by atoms with van der Waals surface area (Å²) in [5, 5.41) is 10.7. The zero-order chi connectivity index (χ0) is 21.8. The van der Waals surface area contributed by atoms with Crippen LogP contribution in [0.4, 0.5) is 11.4 Å². The van der Waals surface area contributed by atoms with Crippen LogP contribution in [0.5, 0.6) is 0 Å². The first-order chi connectivity index (χ1) is 14.9. The average molecular weight is 438 g/mol. The molecule has 1 aliphatic rings. The van der Waals surface area contributed by atoms with E-state index in [1.807, 2.05) is 12.1 Å². The lowest BCUT2D eigenvalue weighted by Crippen LogP contribution is -2.30. The fourth-order valence-electron chi connectivity index (χ4n) is 3.75. The molecule has 7 nitrogen and oxygen atoms in total. The molecule has 4 rings (SSSR count). The van der Waals surface area contributed by atoms with E-state index in [4.69, 9.17) is 0 Å². The Balaban J connectivity index is 1.33. The smallest absolute Gasteiger partial charge is 0.269 e. The maximum Gasteiger partial charge on any atom is 0.269 e. The van der Waals surface area contributed by atoms with Gasteiger partial charge in [-0.2, -0.15) is 0 Å². The minimum atomic E-state index is -3.71. The number of hydrogen-bond acceptors (Lipinski definition) is 5. The van der Waals surface area contributed by atoms with Gasteiger partial charge in [0.2, 0.25) is 10.0 Å². The number of benzene rings is 3. The monoisotopic (exact) mass is 437 g/mol. The number of nitro benzene ring substituents is 1. The Kier molecular flexibility index (Phi) is 6.01. The largest absolute Gasteiger partial charge is 0.367 e. The Morgan fingerprint density at radius 3 is 2.29 bits per heavy atom. The fraction of sp³-hybridized carbons (Fsp3) is 0.217. The van der Waals surface area contributed by atoms with Gasteiger partial charge < -0.3 is 4.90 Å². The van der Waals surface area contributed by atoms with Crippen molar-refractivity contribution in [1.82, 2.24) is 4.72 Å². The van der Waals surface area contributed by atoms with Crippen LogP contribution in [-0.2, 0) is 29.4 Å². The molecule has 0 saturated carbocycles. The molecule has 0 amide bonds. The molecule has 0 radical (unpaired) electrons. The topological polar surface area (TPSA) is 92.5 Å². The zero-order valence-corrected chi connectivity index (χ0v) is 17.7. The lowest BCUT2D eigenvalue weighted by molar-refractivity contribution is -0.384. The van der Waals surface area contributed by atoms with Crippen LogP contribution in [0.3, 0.4) is 0 Å². The first-order valence-electron chi connectivity index (χ1n) is 10.1. The summed E-state index contributed by atoms with van der Waals surface area (Å²) in [7, 11) is -3.71. The average Bonchev–Trinajstić information content (AvgIpc) is 2.79. The van der Waals surface area contributed by atoms with E-state index < -0.39 is 14.9 Å². The van der Waals surface area contributed by atoms with Gasteiger partial charge in [0.25, 0.3) is 5.69 Å². The van der Waals surface area contributed by atoms with Crippen LogP contribution in [0.2, 0.25) is 0 Å². The molecule has 8 heteroatoms. The number of nitrogens with one attached hydrogen (secondary N) is 1. The van der Waals surface area contributed by atoms with Crippen LogP contribution >= 0.6 is 0 Å². The van der Waals surface area contributed by atoms with Gasteiger partial charge in [-0.25, -0.2) is 13.1 Å². The quantitative estimate of drug-likeness (QED) is 0.450. The van der Waals surface area contributed by atoms with Crippen molar-refractivity contribution in [3.8, 4) is 0 Å². The molecule has 0 aliphatic carbocycles. The molecule has 1 heterocycles. The number of anilines is 1. The minimum Gasteiger partial charge on any atom is -0.367 e. The maximum absolute atomic E-state index is 12.4. The van der Waals surface area contributed by atoms with Crippen molar-refractivity contribution in [2.45, 2.75) is 24.3 Å². The van der Waals surface area contributed by atoms with E-state index in [1.165, 1.54) is 35.4 Å². The Bertz CT molecular complexity index is 1180. The van der Waals surface area contributed by atoms with Crippen LogP contribution in [0.25, 0.3) is 0 Å². The lowest BCUT2D eigenvalue weighted by atomic mass is 9.99. The van der Waals surface area contributed by atoms with Gasteiger partial charge in [-0.1, -0.05) is 36.4 Å². The van der Waals surface area contributed by atoms with Crippen molar-refractivity contribution < 1.29 is 13.3 Å². The molecule has 0 fully saturated rings. The maximum atomic E-state index is 12.4. The van der Waals surface area contributed by atoms with Gasteiger partial charge in [0.15, 0.2) is 0 Å². The third-order valence-electron chi connectivity index (χ3n) is 5.50. The highest BCUT2D eigenvalue weighted by Crippen LogP contribution is 2.24. The van der Waals surface area contributed by atoms with Crippen LogP contribution in [0, 0.1) is 10.1 Å². The summed E-state index contributed by atoms with van der Waals surface area (Å²) in [6, 6.07) is 21.6.